The van der Waals surface area contributed by atoms with Crippen LogP contribution in [0.4, 0.5) is 0 Å². The third-order valence-corrected chi connectivity index (χ3v) is 1.24. The number of hydrogen-bond donors (Lipinski definition) is 1. The molecule has 0 fully saturated rings. The van der Waals surface area contributed by atoms with Crippen molar-refractivity contribution >= 4 is 5.71 Å². The molecule has 12 heavy (non-hydrogen) atoms. The van der Waals surface area contributed by atoms with Crippen molar-refractivity contribution in [1.82, 2.24) is 0 Å². The molecule has 0 aliphatic carbocycles. The Morgan fingerprint density at radius 3 is 0.917 bits per heavy atom. The molecule has 0 saturated carbocycles. The molecule has 1 N–H and O–H groups in total. The Bertz CT molecular complexity index is 73.0. The first-order chi connectivity index (χ1) is 5.55. The normalized spacial score (nSPS) is 8.17. The fourth-order valence-corrected chi connectivity index (χ4v) is 0.667. The van der Waals surface area contributed by atoms with Gasteiger partial charge in [0.05, 0.1) is 0 Å². The minimum Gasteiger partial charge on any atom is -0.309 e. The van der Waals surface area contributed by atoms with E-state index in [0.29, 0.717) is 11.8 Å². The van der Waals surface area contributed by atoms with Crippen molar-refractivity contribution in [3.05, 3.63) is 0 Å². The van der Waals surface area contributed by atoms with Crippen LogP contribution < -0.4 is 0 Å². The van der Waals surface area contributed by atoms with E-state index < -0.39 is 0 Å². The molecule has 0 spiro atoms. The van der Waals surface area contributed by atoms with Crippen LogP contribution in [0.15, 0.2) is 0 Å². The third-order valence-electron chi connectivity index (χ3n) is 1.24. The van der Waals surface area contributed by atoms with Crippen molar-refractivity contribution < 1.29 is 0 Å². The molecule has 0 aromatic heterocycles. The number of rotatable bonds is 2. The van der Waals surface area contributed by atoms with E-state index >= 15 is 0 Å². The minimum absolute atomic E-state index is 0.426. The monoisotopic (exact) mass is 173 g/mol. The van der Waals surface area contributed by atoms with Gasteiger partial charge in [0.1, 0.15) is 0 Å². The predicted molar refractivity (Wildman–Crippen MR) is 60.1 cm³/mol. The zero-order valence-electron chi connectivity index (χ0n) is 10.2. The van der Waals surface area contributed by atoms with Crippen molar-refractivity contribution in [2.45, 2.75) is 55.4 Å². The van der Waals surface area contributed by atoms with Crippen LogP contribution >= 0.6 is 0 Å². The highest BCUT2D eigenvalue weighted by atomic mass is 14.4. The lowest BCUT2D eigenvalue weighted by Gasteiger charge is -2.09. The zero-order valence-corrected chi connectivity index (χ0v) is 10.2. The minimum atomic E-state index is 0.426. The molecule has 0 amide bonds. The highest BCUT2D eigenvalue weighted by Gasteiger charge is 2.05. The molecular formula is C11H27N. The summed E-state index contributed by atoms with van der Waals surface area (Å²) in [6, 6.07) is 0. The zero-order chi connectivity index (χ0) is 10.7. The summed E-state index contributed by atoms with van der Waals surface area (Å²) >= 11 is 0. The maximum atomic E-state index is 7.40. The van der Waals surface area contributed by atoms with Crippen molar-refractivity contribution in [3.63, 3.8) is 0 Å². The topological polar surface area (TPSA) is 23.9 Å². The van der Waals surface area contributed by atoms with E-state index in [0.717, 1.165) is 5.71 Å². The van der Waals surface area contributed by atoms with Crippen molar-refractivity contribution in [1.29, 1.82) is 5.41 Å². The van der Waals surface area contributed by atoms with Gasteiger partial charge in [-0.2, -0.15) is 0 Å². The Morgan fingerprint density at radius 2 is 0.917 bits per heavy atom. The standard InChI is InChI=1S/C7H15N.2C2H6/c1-5(2)7(8)6(3)4;2*1-2/h5-6,8H,1-4H3;2*1-2H3. The molecule has 0 unspecified atom stereocenters. The van der Waals surface area contributed by atoms with E-state index in [1.54, 1.807) is 0 Å². The van der Waals surface area contributed by atoms with Crippen LogP contribution in [0.3, 0.4) is 0 Å². The van der Waals surface area contributed by atoms with E-state index in [9.17, 15) is 0 Å². The molecule has 0 saturated heterocycles. The quantitative estimate of drug-likeness (QED) is 0.600. The Morgan fingerprint density at radius 1 is 0.750 bits per heavy atom. The fraction of sp³-hybridized carbons (Fsp3) is 0.909. The maximum Gasteiger partial charge on any atom is 0.0140 e. The second-order valence-corrected chi connectivity index (χ2v) is 2.76. The highest BCUT2D eigenvalue weighted by Crippen LogP contribution is 2.04. The average Bonchev–Trinajstić information content (AvgIpc) is 2.10. The largest absolute Gasteiger partial charge is 0.309 e. The second kappa shape index (κ2) is 13.3. The lowest BCUT2D eigenvalue weighted by Crippen LogP contribution is -2.12. The summed E-state index contributed by atoms with van der Waals surface area (Å²) in [5, 5.41) is 7.40. The van der Waals surface area contributed by atoms with Gasteiger partial charge in [-0.25, -0.2) is 0 Å². The van der Waals surface area contributed by atoms with Crippen LogP contribution in [0.1, 0.15) is 55.4 Å². The Hall–Kier alpha value is -0.330. The smallest absolute Gasteiger partial charge is 0.0140 e. The lowest BCUT2D eigenvalue weighted by molar-refractivity contribution is 0.756. The van der Waals surface area contributed by atoms with E-state index in [-0.39, 0.29) is 0 Å². The SMILES string of the molecule is CC.CC.CC(C)C(=N)C(C)C. The number of hydrogen-bond acceptors (Lipinski definition) is 1. The molecule has 0 heterocycles. The Balaban J connectivity index is -0.000000175. The first kappa shape index (κ1) is 17.7. The molecule has 0 aromatic carbocycles. The van der Waals surface area contributed by atoms with Gasteiger partial charge < -0.3 is 5.41 Å². The predicted octanol–water partition coefficient (Wildman–Crippen LogP) is 4.37. The van der Waals surface area contributed by atoms with Gasteiger partial charge in [-0.05, 0) is 11.8 Å². The van der Waals surface area contributed by atoms with Gasteiger partial charge in [-0.1, -0.05) is 55.4 Å². The van der Waals surface area contributed by atoms with E-state index in [2.05, 4.69) is 27.7 Å². The van der Waals surface area contributed by atoms with Crippen LogP contribution in [0, 0.1) is 17.2 Å². The van der Waals surface area contributed by atoms with Gasteiger partial charge in [0.15, 0.2) is 0 Å². The molecule has 0 rings (SSSR count). The van der Waals surface area contributed by atoms with Crippen LogP contribution in [-0.4, -0.2) is 5.71 Å². The molecule has 0 aliphatic rings. The summed E-state index contributed by atoms with van der Waals surface area (Å²) in [6.07, 6.45) is 0. The van der Waals surface area contributed by atoms with Gasteiger partial charge in [0.2, 0.25) is 0 Å². The first-order valence-corrected chi connectivity index (χ1v) is 5.14. The third kappa shape index (κ3) is 12.4. The molecule has 1 nitrogen and oxygen atoms in total. The molecular weight excluding hydrogens is 146 g/mol. The van der Waals surface area contributed by atoms with E-state index in [4.69, 9.17) is 5.41 Å². The first-order valence-electron chi connectivity index (χ1n) is 5.14. The van der Waals surface area contributed by atoms with Crippen molar-refractivity contribution in [2.24, 2.45) is 11.8 Å². The van der Waals surface area contributed by atoms with Gasteiger partial charge in [0.25, 0.3) is 0 Å². The summed E-state index contributed by atoms with van der Waals surface area (Å²) in [6.45, 7) is 16.2. The van der Waals surface area contributed by atoms with Crippen LogP contribution in [0.5, 0.6) is 0 Å². The van der Waals surface area contributed by atoms with Crippen LogP contribution in [0.2, 0.25) is 0 Å². The van der Waals surface area contributed by atoms with Gasteiger partial charge in [-0.3, -0.25) is 0 Å². The number of nitrogens with one attached hydrogen (secondary N) is 1. The summed E-state index contributed by atoms with van der Waals surface area (Å²) in [5.41, 5.74) is 0.852. The van der Waals surface area contributed by atoms with Crippen LogP contribution in [-0.2, 0) is 0 Å². The van der Waals surface area contributed by atoms with Gasteiger partial charge >= 0.3 is 0 Å². The molecule has 0 bridgehead atoms. The summed E-state index contributed by atoms with van der Waals surface area (Å²) in [7, 11) is 0. The van der Waals surface area contributed by atoms with Gasteiger partial charge in [-0.15, -0.1) is 0 Å². The fourth-order valence-electron chi connectivity index (χ4n) is 0.667. The molecule has 0 atom stereocenters. The summed E-state index contributed by atoms with van der Waals surface area (Å²) in [4.78, 5) is 0. The summed E-state index contributed by atoms with van der Waals surface area (Å²) < 4.78 is 0. The Labute approximate surface area is 79.1 Å². The Kier molecular flexibility index (Phi) is 19.6. The maximum absolute atomic E-state index is 7.40. The molecule has 0 aliphatic heterocycles. The molecule has 76 valence electrons. The van der Waals surface area contributed by atoms with Gasteiger partial charge in [0, 0.05) is 5.71 Å². The van der Waals surface area contributed by atoms with E-state index in [1.807, 2.05) is 27.7 Å². The van der Waals surface area contributed by atoms with Crippen molar-refractivity contribution in [3.8, 4) is 0 Å². The van der Waals surface area contributed by atoms with Crippen LogP contribution in [0.25, 0.3) is 0 Å². The average molecular weight is 173 g/mol. The molecule has 0 aromatic rings. The summed E-state index contributed by atoms with van der Waals surface area (Å²) in [5.74, 6) is 0.852. The van der Waals surface area contributed by atoms with Crippen molar-refractivity contribution in [2.75, 3.05) is 0 Å². The molecule has 0 radical (unpaired) electrons. The van der Waals surface area contributed by atoms with E-state index in [1.165, 1.54) is 0 Å². The highest BCUT2D eigenvalue weighted by molar-refractivity contribution is 5.84. The molecule has 1 heteroatoms. The second-order valence-electron chi connectivity index (χ2n) is 2.76. The lowest BCUT2D eigenvalue weighted by atomic mass is 9.98.